The summed E-state index contributed by atoms with van der Waals surface area (Å²) in [6, 6.07) is 8.37. The van der Waals surface area contributed by atoms with Gasteiger partial charge in [0.15, 0.2) is 26.1 Å². The minimum atomic E-state index is -3.86. The van der Waals surface area contributed by atoms with Crippen molar-refractivity contribution in [3.8, 4) is 22.6 Å². The fourth-order valence-corrected chi connectivity index (χ4v) is 4.00. The largest absolute Gasteiger partial charge is 0.493 e. The van der Waals surface area contributed by atoms with Crippen LogP contribution in [0.1, 0.15) is 26.2 Å². The van der Waals surface area contributed by atoms with Crippen LogP contribution in [0.15, 0.2) is 41.3 Å². The Hall–Kier alpha value is -2.89. The number of hydrogen-bond acceptors (Lipinski definition) is 8. The standard InChI is InChI=1S/C22H30N2O8S/c1-22(21(27)23-28,33(3,29)30)9-11-24-10-8-17(15-20(24)26)16-6-7-18(19(14-16)31-2)32-13-5-4-12-25/h6-8,10,14-15,25,28H,4-5,9,11-13H2,1-3H3,(H,23,27). The fraction of sp³-hybridized carbons (Fsp3) is 0.455. The molecule has 0 fully saturated rings. The monoisotopic (exact) mass is 482 g/mol. The molecule has 0 bridgehead atoms. The molecule has 2 aromatic rings. The van der Waals surface area contributed by atoms with Crippen molar-refractivity contribution in [1.82, 2.24) is 10.0 Å². The van der Waals surface area contributed by atoms with Crippen molar-refractivity contribution in [1.29, 1.82) is 0 Å². The summed E-state index contributed by atoms with van der Waals surface area (Å²) in [4.78, 5) is 24.6. The molecule has 3 N–H and O–H groups in total. The molecule has 0 aliphatic carbocycles. The highest BCUT2D eigenvalue weighted by Crippen LogP contribution is 2.32. The molecular formula is C22H30N2O8S. The van der Waals surface area contributed by atoms with Gasteiger partial charge in [-0.3, -0.25) is 14.8 Å². The zero-order valence-electron chi connectivity index (χ0n) is 18.9. The predicted octanol–water partition coefficient (Wildman–Crippen LogP) is 1.37. The second-order valence-corrected chi connectivity index (χ2v) is 10.2. The first kappa shape index (κ1) is 26.4. The van der Waals surface area contributed by atoms with Crippen LogP contribution in [0.2, 0.25) is 0 Å². The minimum absolute atomic E-state index is 0.0416. The van der Waals surface area contributed by atoms with Crippen molar-refractivity contribution in [2.45, 2.75) is 37.5 Å². The van der Waals surface area contributed by atoms with Crippen molar-refractivity contribution in [3.05, 3.63) is 46.9 Å². The number of pyridine rings is 1. The van der Waals surface area contributed by atoms with E-state index in [0.717, 1.165) is 11.8 Å². The zero-order valence-corrected chi connectivity index (χ0v) is 19.7. The highest BCUT2D eigenvalue weighted by atomic mass is 32.2. The average Bonchev–Trinajstić information content (AvgIpc) is 2.79. The lowest BCUT2D eigenvalue weighted by Gasteiger charge is -2.25. The number of benzene rings is 1. The van der Waals surface area contributed by atoms with E-state index in [1.807, 2.05) is 0 Å². The predicted molar refractivity (Wildman–Crippen MR) is 122 cm³/mol. The van der Waals surface area contributed by atoms with Crippen molar-refractivity contribution < 1.29 is 33.0 Å². The average molecular weight is 483 g/mol. The molecule has 2 rings (SSSR count). The molecule has 10 nitrogen and oxygen atoms in total. The maximum absolute atomic E-state index is 12.6. The first-order valence-corrected chi connectivity index (χ1v) is 12.2. The molecule has 0 saturated heterocycles. The van der Waals surface area contributed by atoms with E-state index in [9.17, 15) is 18.0 Å². The molecule has 1 atom stereocenters. The Bertz CT molecular complexity index is 1130. The summed E-state index contributed by atoms with van der Waals surface area (Å²) in [5.41, 5.74) is 2.36. The van der Waals surface area contributed by atoms with Gasteiger partial charge in [-0.15, -0.1) is 0 Å². The summed E-state index contributed by atoms with van der Waals surface area (Å²) in [6.07, 6.45) is 3.57. The van der Waals surface area contributed by atoms with E-state index in [1.165, 1.54) is 36.3 Å². The molecule has 0 saturated carbocycles. The van der Waals surface area contributed by atoms with Gasteiger partial charge in [0.2, 0.25) is 0 Å². The zero-order chi connectivity index (χ0) is 24.6. The maximum Gasteiger partial charge on any atom is 0.264 e. The summed E-state index contributed by atoms with van der Waals surface area (Å²) >= 11 is 0. The number of carbonyl (C=O) groups is 1. The summed E-state index contributed by atoms with van der Waals surface area (Å²) in [5.74, 6) is -0.00482. The van der Waals surface area contributed by atoms with Crippen LogP contribution < -0.4 is 20.5 Å². The highest BCUT2D eigenvalue weighted by molar-refractivity contribution is 7.92. The lowest BCUT2D eigenvalue weighted by Crippen LogP contribution is -2.49. The van der Waals surface area contributed by atoms with Crippen molar-refractivity contribution in [3.63, 3.8) is 0 Å². The van der Waals surface area contributed by atoms with Crippen LogP contribution in [-0.2, 0) is 21.2 Å². The number of nitrogens with zero attached hydrogens (tertiary/aromatic N) is 1. The van der Waals surface area contributed by atoms with Gasteiger partial charge in [-0.25, -0.2) is 13.9 Å². The quantitative estimate of drug-likeness (QED) is 0.234. The number of sulfone groups is 1. The van der Waals surface area contributed by atoms with Crippen LogP contribution in [0.5, 0.6) is 11.5 Å². The number of ether oxygens (including phenoxy) is 2. The van der Waals surface area contributed by atoms with Crippen LogP contribution in [-0.4, -0.2) is 60.5 Å². The summed E-state index contributed by atoms with van der Waals surface area (Å²) < 4.78 is 34.7. The Morgan fingerprint density at radius 2 is 1.85 bits per heavy atom. The van der Waals surface area contributed by atoms with Crippen LogP contribution in [0.25, 0.3) is 11.1 Å². The number of nitrogens with one attached hydrogen (secondary N) is 1. The normalized spacial score (nSPS) is 13.2. The molecule has 0 spiro atoms. The third-order valence-electron chi connectivity index (χ3n) is 5.53. The van der Waals surface area contributed by atoms with Gasteiger partial charge in [0.25, 0.3) is 11.5 Å². The summed E-state index contributed by atoms with van der Waals surface area (Å²) in [7, 11) is -2.34. The first-order valence-electron chi connectivity index (χ1n) is 10.3. The molecule has 0 aliphatic rings. The third kappa shape index (κ3) is 6.34. The molecule has 1 amide bonds. The van der Waals surface area contributed by atoms with Crippen molar-refractivity contribution >= 4 is 15.7 Å². The Labute approximate surface area is 192 Å². The van der Waals surface area contributed by atoms with Gasteiger partial charge in [-0.2, -0.15) is 0 Å². The number of methoxy groups -OCH3 is 1. The number of rotatable bonds is 12. The van der Waals surface area contributed by atoms with Gasteiger partial charge in [0, 0.05) is 31.7 Å². The van der Waals surface area contributed by atoms with Gasteiger partial charge < -0.3 is 19.1 Å². The lowest BCUT2D eigenvalue weighted by molar-refractivity contribution is -0.131. The molecular weight excluding hydrogens is 452 g/mol. The first-order chi connectivity index (χ1) is 15.6. The van der Waals surface area contributed by atoms with E-state index in [2.05, 4.69) is 0 Å². The molecule has 33 heavy (non-hydrogen) atoms. The molecule has 182 valence electrons. The van der Waals surface area contributed by atoms with Gasteiger partial charge in [0.1, 0.15) is 0 Å². The highest BCUT2D eigenvalue weighted by Gasteiger charge is 2.43. The van der Waals surface area contributed by atoms with E-state index < -0.39 is 20.5 Å². The summed E-state index contributed by atoms with van der Waals surface area (Å²) in [5, 5.41) is 17.8. The molecule has 1 aromatic carbocycles. The molecule has 1 heterocycles. The number of unbranched alkanes of at least 4 members (excludes halogenated alkanes) is 1. The topological polar surface area (TPSA) is 144 Å². The second kappa shape index (κ2) is 11.3. The van der Waals surface area contributed by atoms with E-state index in [1.54, 1.807) is 24.3 Å². The minimum Gasteiger partial charge on any atom is -0.493 e. The Kier molecular flexibility index (Phi) is 9.03. The van der Waals surface area contributed by atoms with Crippen LogP contribution in [0.4, 0.5) is 0 Å². The van der Waals surface area contributed by atoms with Crippen molar-refractivity contribution in [2.75, 3.05) is 26.6 Å². The Morgan fingerprint density at radius 1 is 1.15 bits per heavy atom. The fourth-order valence-electron chi connectivity index (χ4n) is 3.15. The number of hydrogen-bond donors (Lipinski definition) is 3. The SMILES string of the molecule is COc1cc(-c2ccn(CCC(C)(C(=O)NO)S(C)(=O)=O)c(=O)c2)ccc1OCCCCO. The third-order valence-corrected chi connectivity index (χ3v) is 7.56. The van der Waals surface area contributed by atoms with Crippen LogP contribution in [0, 0.1) is 0 Å². The van der Waals surface area contributed by atoms with Gasteiger partial charge in [0.05, 0.1) is 13.7 Å². The van der Waals surface area contributed by atoms with Crippen molar-refractivity contribution in [2.24, 2.45) is 0 Å². The number of aryl methyl sites for hydroxylation is 1. The summed E-state index contributed by atoms with van der Waals surface area (Å²) in [6.45, 7) is 1.70. The van der Waals surface area contributed by atoms with Gasteiger partial charge >= 0.3 is 0 Å². The Morgan fingerprint density at radius 3 is 2.42 bits per heavy atom. The van der Waals surface area contributed by atoms with Gasteiger partial charge in [-0.1, -0.05) is 6.07 Å². The second-order valence-electron chi connectivity index (χ2n) is 7.79. The molecule has 1 aromatic heterocycles. The number of aliphatic hydroxyl groups is 1. The number of aromatic nitrogens is 1. The van der Waals surface area contributed by atoms with Crippen LogP contribution >= 0.6 is 0 Å². The smallest absolute Gasteiger partial charge is 0.264 e. The van der Waals surface area contributed by atoms with Crippen LogP contribution in [0.3, 0.4) is 0 Å². The van der Waals surface area contributed by atoms with E-state index in [-0.39, 0.29) is 25.1 Å². The van der Waals surface area contributed by atoms with E-state index in [4.69, 9.17) is 19.8 Å². The molecule has 11 heteroatoms. The lowest BCUT2D eigenvalue weighted by atomic mass is 10.1. The van der Waals surface area contributed by atoms with Gasteiger partial charge in [-0.05, 0) is 55.5 Å². The number of carbonyl (C=O) groups excluding carboxylic acids is 1. The molecule has 1 unspecified atom stereocenters. The number of hydroxylamine groups is 1. The number of amides is 1. The maximum atomic E-state index is 12.6. The number of aliphatic hydroxyl groups excluding tert-OH is 1. The van der Waals surface area contributed by atoms with E-state index >= 15 is 0 Å². The molecule has 0 aliphatic heterocycles. The van der Waals surface area contributed by atoms with E-state index in [0.29, 0.717) is 36.5 Å². The Balaban J connectivity index is 2.22. The molecule has 0 radical (unpaired) electrons.